The first kappa shape index (κ1) is 11.6. The Kier molecular flexibility index (Phi) is 3.42. The van der Waals surface area contributed by atoms with Crippen molar-refractivity contribution in [2.45, 2.75) is 26.8 Å². The Bertz CT molecular complexity index is 476. The van der Waals surface area contributed by atoms with Crippen molar-refractivity contribution >= 4 is 0 Å². The minimum absolute atomic E-state index is 0.265. The predicted molar refractivity (Wildman–Crippen MR) is 66.6 cm³/mol. The van der Waals surface area contributed by atoms with Crippen LogP contribution in [0, 0.1) is 5.92 Å². The van der Waals surface area contributed by atoms with Crippen LogP contribution in [0.2, 0.25) is 0 Å². The second-order valence-corrected chi connectivity index (χ2v) is 4.39. The first-order chi connectivity index (χ1) is 8.19. The van der Waals surface area contributed by atoms with Crippen molar-refractivity contribution in [2.24, 2.45) is 5.92 Å². The molecule has 17 heavy (non-hydrogen) atoms. The van der Waals surface area contributed by atoms with E-state index in [1.54, 1.807) is 12.1 Å². The van der Waals surface area contributed by atoms with Crippen molar-refractivity contribution in [3.05, 3.63) is 30.5 Å². The molecule has 0 aliphatic carbocycles. The first-order valence-corrected chi connectivity index (χ1v) is 5.88. The van der Waals surface area contributed by atoms with Gasteiger partial charge in [0.2, 0.25) is 0 Å². The summed E-state index contributed by atoms with van der Waals surface area (Å²) in [6.07, 6.45) is 3.08. The van der Waals surface area contributed by atoms with Gasteiger partial charge in [0.25, 0.3) is 0 Å². The summed E-state index contributed by atoms with van der Waals surface area (Å²) >= 11 is 0. The van der Waals surface area contributed by atoms with Crippen LogP contribution < -0.4 is 0 Å². The lowest BCUT2D eigenvalue weighted by molar-refractivity contribution is 0.431. The number of hydrogen-bond acceptors (Lipinski definition) is 3. The van der Waals surface area contributed by atoms with Crippen molar-refractivity contribution in [1.29, 1.82) is 0 Å². The van der Waals surface area contributed by atoms with Crippen molar-refractivity contribution < 1.29 is 5.11 Å². The first-order valence-electron chi connectivity index (χ1n) is 5.88. The molecule has 1 aromatic heterocycles. The second kappa shape index (κ2) is 4.99. The van der Waals surface area contributed by atoms with Gasteiger partial charge >= 0.3 is 0 Å². The van der Waals surface area contributed by atoms with Crippen molar-refractivity contribution in [2.75, 3.05) is 0 Å². The molecule has 0 spiro atoms. The summed E-state index contributed by atoms with van der Waals surface area (Å²) in [5, 5.41) is 17.5. The van der Waals surface area contributed by atoms with Gasteiger partial charge in [0.1, 0.15) is 11.4 Å². The SMILES string of the molecule is CCC(C)Cn1cc(-c2ccc(O)cc2)nn1. The van der Waals surface area contributed by atoms with E-state index in [2.05, 4.69) is 24.2 Å². The lowest BCUT2D eigenvalue weighted by Crippen LogP contribution is -2.06. The lowest BCUT2D eigenvalue weighted by Gasteiger charge is -2.06. The van der Waals surface area contributed by atoms with Gasteiger partial charge in [-0.05, 0) is 30.2 Å². The van der Waals surface area contributed by atoms with E-state index < -0.39 is 0 Å². The minimum Gasteiger partial charge on any atom is -0.508 e. The number of phenols is 1. The van der Waals surface area contributed by atoms with Crippen LogP contribution in [-0.2, 0) is 6.54 Å². The van der Waals surface area contributed by atoms with E-state index in [0.29, 0.717) is 5.92 Å². The molecular weight excluding hydrogens is 214 g/mol. The quantitative estimate of drug-likeness (QED) is 0.880. The normalized spacial score (nSPS) is 12.6. The lowest BCUT2D eigenvalue weighted by atomic mass is 10.1. The Morgan fingerprint density at radius 1 is 1.29 bits per heavy atom. The molecule has 1 aromatic carbocycles. The third-order valence-corrected chi connectivity index (χ3v) is 2.90. The highest BCUT2D eigenvalue weighted by Crippen LogP contribution is 2.19. The smallest absolute Gasteiger partial charge is 0.115 e. The van der Waals surface area contributed by atoms with Gasteiger partial charge in [-0.25, -0.2) is 0 Å². The van der Waals surface area contributed by atoms with Gasteiger partial charge in [0.15, 0.2) is 0 Å². The maximum absolute atomic E-state index is 9.22. The summed E-state index contributed by atoms with van der Waals surface area (Å²) in [6.45, 7) is 5.26. The summed E-state index contributed by atoms with van der Waals surface area (Å²) in [4.78, 5) is 0. The van der Waals surface area contributed by atoms with Gasteiger partial charge in [0.05, 0.1) is 6.20 Å². The third kappa shape index (κ3) is 2.84. The van der Waals surface area contributed by atoms with Crippen LogP contribution in [0.4, 0.5) is 0 Å². The zero-order valence-electron chi connectivity index (χ0n) is 10.2. The van der Waals surface area contributed by atoms with Gasteiger partial charge in [-0.1, -0.05) is 25.5 Å². The topological polar surface area (TPSA) is 50.9 Å². The highest BCUT2D eigenvalue weighted by Gasteiger charge is 2.06. The molecule has 1 unspecified atom stereocenters. The highest BCUT2D eigenvalue weighted by molar-refractivity contribution is 5.58. The van der Waals surface area contributed by atoms with Crippen LogP contribution in [-0.4, -0.2) is 20.1 Å². The molecule has 4 nitrogen and oxygen atoms in total. The molecule has 1 atom stereocenters. The van der Waals surface area contributed by atoms with Gasteiger partial charge in [-0.3, -0.25) is 4.68 Å². The number of rotatable bonds is 4. The molecule has 0 saturated carbocycles. The molecule has 1 N–H and O–H groups in total. The zero-order chi connectivity index (χ0) is 12.3. The van der Waals surface area contributed by atoms with E-state index in [1.807, 2.05) is 23.0 Å². The molecule has 2 aromatic rings. The summed E-state index contributed by atoms with van der Waals surface area (Å²) < 4.78 is 1.87. The molecular formula is C13H17N3O. The summed E-state index contributed by atoms with van der Waals surface area (Å²) in [7, 11) is 0. The maximum Gasteiger partial charge on any atom is 0.115 e. The summed E-state index contributed by atoms with van der Waals surface area (Å²) in [6, 6.07) is 6.99. The Labute approximate surface area is 101 Å². The molecule has 1 heterocycles. The fraction of sp³-hybridized carbons (Fsp3) is 0.385. The highest BCUT2D eigenvalue weighted by atomic mass is 16.3. The number of aromatic nitrogens is 3. The van der Waals surface area contributed by atoms with Gasteiger partial charge in [-0.15, -0.1) is 5.10 Å². The molecule has 0 aliphatic rings. The van der Waals surface area contributed by atoms with Crippen LogP contribution in [0.25, 0.3) is 11.3 Å². The van der Waals surface area contributed by atoms with Crippen LogP contribution in [0.3, 0.4) is 0 Å². The number of aromatic hydroxyl groups is 1. The molecule has 90 valence electrons. The molecule has 2 rings (SSSR count). The molecule has 0 aliphatic heterocycles. The maximum atomic E-state index is 9.22. The largest absolute Gasteiger partial charge is 0.508 e. The van der Waals surface area contributed by atoms with Crippen molar-refractivity contribution in [1.82, 2.24) is 15.0 Å². The summed E-state index contributed by atoms with van der Waals surface area (Å²) in [5.41, 5.74) is 1.81. The predicted octanol–water partition coefficient (Wildman–Crippen LogP) is 2.70. The number of nitrogens with zero attached hydrogens (tertiary/aromatic N) is 3. The van der Waals surface area contributed by atoms with Crippen LogP contribution >= 0.6 is 0 Å². The summed E-state index contributed by atoms with van der Waals surface area (Å²) in [5.74, 6) is 0.866. The number of phenolic OH excluding ortho intramolecular Hbond substituents is 1. The Hall–Kier alpha value is -1.84. The fourth-order valence-electron chi connectivity index (χ4n) is 1.60. The Morgan fingerprint density at radius 2 is 2.00 bits per heavy atom. The number of benzene rings is 1. The molecule has 0 saturated heterocycles. The zero-order valence-corrected chi connectivity index (χ0v) is 10.2. The van der Waals surface area contributed by atoms with E-state index in [9.17, 15) is 5.11 Å². The van der Waals surface area contributed by atoms with Gasteiger partial charge in [-0.2, -0.15) is 0 Å². The molecule has 0 bridgehead atoms. The molecule has 0 radical (unpaired) electrons. The minimum atomic E-state index is 0.265. The average molecular weight is 231 g/mol. The number of hydrogen-bond donors (Lipinski definition) is 1. The van der Waals surface area contributed by atoms with E-state index in [0.717, 1.165) is 24.2 Å². The van der Waals surface area contributed by atoms with E-state index in [1.165, 1.54) is 0 Å². The Morgan fingerprint density at radius 3 is 2.65 bits per heavy atom. The van der Waals surface area contributed by atoms with Crippen LogP contribution in [0.15, 0.2) is 30.5 Å². The Balaban J connectivity index is 2.15. The monoisotopic (exact) mass is 231 g/mol. The van der Waals surface area contributed by atoms with Crippen LogP contribution in [0.1, 0.15) is 20.3 Å². The molecule has 4 heteroatoms. The second-order valence-electron chi connectivity index (χ2n) is 4.39. The van der Waals surface area contributed by atoms with Crippen LogP contribution in [0.5, 0.6) is 5.75 Å². The van der Waals surface area contributed by atoms with Gasteiger partial charge in [0, 0.05) is 12.1 Å². The third-order valence-electron chi connectivity index (χ3n) is 2.90. The van der Waals surface area contributed by atoms with E-state index >= 15 is 0 Å². The fourth-order valence-corrected chi connectivity index (χ4v) is 1.60. The molecule has 0 amide bonds. The van der Waals surface area contributed by atoms with Crippen molar-refractivity contribution in [3.63, 3.8) is 0 Å². The van der Waals surface area contributed by atoms with Gasteiger partial charge < -0.3 is 5.11 Å². The standard InChI is InChI=1S/C13H17N3O/c1-3-10(2)8-16-9-13(14-15-16)11-4-6-12(17)7-5-11/h4-7,9-10,17H,3,8H2,1-2H3. The van der Waals surface area contributed by atoms with E-state index in [4.69, 9.17) is 0 Å². The van der Waals surface area contributed by atoms with E-state index in [-0.39, 0.29) is 5.75 Å². The molecule has 0 fully saturated rings. The van der Waals surface area contributed by atoms with Crippen molar-refractivity contribution in [3.8, 4) is 17.0 Å². The average Bonchev–Trinajstić information content (AvgIpc) is 2.78.